The molecule has 2 amide bonds. The summed E-state index contributed by atoms with van der Waals surface area (Å²) in [6, 6.07) is 7.32. The number of fused-ring (bicyclic) bond motifs is 1. The molecule has 0 saturated carbocycles. The summed E-state index contributed by atoms with van der Waals surface area (Å²) in [7, 11) is 0. The molecule has 0 unspecified atom stereocenters. The third-order valence-electron chi connectivity index (χ3n) is 4.03. The van der Waals surface area contributed by atoms with Gasteiger partial charge in [0.25, 0.3) is 11.8 Å². The third kappa shape index (κ3) is 3.07. The smallest absolute Gasteiger partial charge is 0.323 e. The van der Waals surface area contributed by atoms with Gasteiger partial charge in [0.1, 0.15) is 10.9 Å². The standard InChI is InChI=1S/C17H16N2O4S2/c1-2-3-8-18-11-7-5-4-6-10(11)13(15(18)22)14-16(23)19(9-12(20)21)17(24)25-14/h4-7H,2-3,8-9H2,1H3,(H,20,21)/b14-13-. The fourth-order valence-electron chi connectivity index (χ4n) is 2.86. The number of anilines is 1. The van der Waals surface area contributed by atoms with Gasteiger partial charge in [-0.15, -0.1) is 0 Å². The third-order valence-corrected chi connectivity index (χ3v) is 5.48. The van der Waals surface area contributed by atoms with Gasteiger partial charge in [-0.2, -0.15) is 0 Å². The predicted octanol–water partition coefficient (Wildman–Crippen LogP) is 2.49. The second-order valence-corrected chi connectivity index (χ2v) is 7.33. The first kappa shape index (κ1) is 17.6. The maximum Gasteiger partial charge on any atom is 0.323 e. The van der Waals surface area contributed by atoms with Gasteiger partial charge >= 0.3 is 5.97 Å². The number of carbonyl (C=O) groups is 3. The van der Waals surface area contributed by atoms with Crippen LogP contribution in [-0.4, -0.2) is 45.2 Å². The minimum absolute atomic E-state index is 0.159. The van der Waals surface area contributed by atoms with Crippen molar-refractivity contribution >= 4 is 57.3 Å². The summed E-state index contributed by atoms with van der Waals surface area (Å²) in [5.74, 6) is -1.90. The molecule has 0 bridgehead atoms. The van der Waals surface area contributed by atoms with Crippen molar-refractivity contribution in [2.45, 2.75) is 19.8 Å². The number of amides is 2. The van der Waals surface area contributed by atoms with E-state index in [2.05, 4.69) is 0 Å². The number of thiocarbonyl (C=S) groups is 1. The second kappa shape index (κ2) is 6.97. The quantitative estimate of drug-likeness (QED) is 0.628. The number of para-hydroxylation sites is 1. The monoisotopic (exact) mass is 376 g/mol. The van der Waals surface area contributed by atoms with Crippen molar-refractivity contribution in [2.24, 2.45) is 0 Å². The molecule has 1 fully saturated rings. The minimum atomic E-state index is -1.15. The van der Waals surface area contributed by atoms with E-state index in [9.17, 15) is 14.4 Å². The number of carbonyl (C=O) groups excluding carboxylic acids is 2. The van der Waals surface area contributed by atoms with Gasteiger partial charge in [0.05, 0.1) is 16.2 Å². The van der Waals surface area contributed by atoms with Gasteiger partial charge < -0.3 is 10.0 Å². The Labute approximate surface area is 154 Å². The zero-order valence-electron chi connectivity index (χ0n) is 13.5. The zero-order valence-corrected chi connectivity index (χ0v) is 15.2. The summed E-state index contributed by atoms with van der Waals surface area (Å²) in [5, 5.41) is 8.96. The Morgan fingerprint density at radius 1 is 1.20 bits per heavy atom. The van der Waals surface area contributed by atoms with Gasteiger partial charge in [0.15, 0.2) is 0 Å². The highest BCUT2D eigenvalue weighted by molar-refractivity contribution is 8.26. The molecule has 2 heterocycles. The van der Waals surface area contributed by atoms with Crippen molar-refractivity contribution in [2.75, 3.05) is 18.0 Å². The van der Waals surface area contributed by atoms with Crippen molar-refractivity contribution in [1.82, 2.24) is 4.90 Å². The molecule has 1 N–H and O–H groups in total. The SMILES string of the molecule is CCCCN1C(=O)/C(=C2\SC(=S)N(CC(=O)O)C2=O)c2ccccc21. The van der Waals surface area contributed by atoms with Crippen LogP contribution in [0.4, 0.5) is 5.69 Å². The van der Waals surface area contributed by atoms with Crippen LogP contribution in [0.5, 0.6) is 0 Å². The molecule has 2 aliphatic heterocycles. The highest BCUT2D eigenvalue weighted by Crippen LogP contribution is 2.44. The number of hydrogen-bond acceptors (Lipinski definition) is 5. The molecule has 6 nitrogen and oxygen atoms in total. The van der Waals surface area contributed by atoms with Crippen LogP contribution in [0.15, 0.2) is 29.2 Å². The normalized spacial score (nSPS) is 19.8. The molecule has 1 aromatic rings. The molecule has 0 spiro atoms. The molecule has 0 aliphatic carbocycles. The maximum absolute atomic E-state index is 13.0. The number of carboxylic acid groups (broad SMARTS) is 1. The number of thioether (sulfide) groups is 1. The predicted molar refractivity (Wildman–Crippen MR) is 100 cm³/mol. The topological polar surface area (TPSA) is 77.9 Å². The first-order valence-corrected chi connectivity index (χ1v) is 9.09. The fraction of sp³-hybridized carbons (Fsp3) is 0.294. The van der Waals surface area contributed by atoms with Crippen LogP contribution < -0.4 is 4.90 Å². The summed E-state index contributed by atoms with van der Waals surface area (Å²) in [4.78, 5) is 39.5. The molecule has 8 heteroatoms. The Balaban J connectivity index is 2.06. The van der Waals surface area contributed by atoms with Gasteiger partial charge in [-0.3, -0.25) is 19.3 Å². The molecular weight excluding hydrogens is 360 g/mol. The maximum atomic E-state index is 13.0. The summed E-state index contributed by atoms with van der Waals surface area (Å²) in [5.41, 5.74) is 1.79. The van der Waals surface area contributed by atoms with Gasteiger partial charge in [-0.05, 0) is 12.5 Å². The van der Waals surface area contributed by atoms with Crippen LogP contribution in [0.2, 0.25) is 0 Å². The lowest BCUT2D eigenvalue weighted by Gasteiger charge is -2.16. The number of unbranched alkanes of at least 4 members (excludes halogenated alkanes) is 1. The first-order chi connectivity index (χ1) is 12.0. The van der Waals surface area contributed by atoms with Crippen LogP contribution in [0.3, 0.4) is 0 Å². The van der Waals surface area contributed by atoms with Crippen molar-refractivity contribution in [3.05, 3.63) is 34.7 Å². The van der Waals surface area contributed by atoms with Crippen LogP contribution >= 0.6 is 24.0 Å². The Hall–Kier alpha value is -2.19. The highest BCUT2D eigenvalue weighted by Gasteiger charge is 2.42. The molecule has 25 heavy (non-hydrogen) atoms. The zero-order chi connectivity index (χ0) is 18.1. The Morgan fingerprint density at radius 2 is 1.92 bits per heavy atom. The first-order valence-electron chi connectivity index (χ1n) is 7.86. The van der Waals surface area contributed by atoms with Gasteiger partial charge in [0, 0.05) is 12.1 Å². The highest BCUT2D eigenvalue weighted by atomic mass is 32.2. The van der Waals surface area contributed by atoms with E-state index in [1.807, 2.05) is 25.1 Å². The van der Waals surface area contributed by atoms with Crippen molar-refractivity contribution in [1.29, 1.82) is 0 Å². The summed E-state index contributed by atoms with van der Waals surface area (Å²) in [6.45, 7) is 2.12. The summed E-state index contributed by atoms with van der Waals surface area (Å²) < 4.78 is 0.159. The Morgan fingerprint density at radius 3 is 2.60 bits per heavy atom. The molecule has 130 valence electrons. The number of rotatable bonds is 5. The second-order valence-electron chi connectivity index (χ2n) is 5.68. The van der Waals surface area contributed by atoms with Crippen molar-refractivity contribution in [3.63, 3.8) is 0 Å². The lowest BCUT2D eigenvalue weighted by Crippen LogP contribution is -2.33. The van der Waals surface area contributed by atoms with Gasteiger partial charge in [0.2, 0.25) is 0 Å². The van der Waals surface area contributed by atoms with E-state index in [0.717, 1.165) is 35.2 Å². The van der Waals surface area contributed by atoms with Gasteiger partial charge in [-0.1, -0.05) is 55.5 Å². The van der Waals surface area contributed by atoms with E-state index >= 15 is 0 Å². The van der Waals surface area contributed by atoms with E-state index < -0.39 is 18.4 Å². The molecule has 0 aromatic heterocycles. The summed E-state index contributed by atoms with van der Waals surface area (Å²) >= 11 is 6.12. The van der Waals surface area contributed by atoms with Crippen LogP contribution in [0.25, 0.3) is 5.57 Å². The molecule has 0 radical (unpaired) electrons. The number of hydrogen-bond donors (Lipinski definition) is 1. The van der Waals surface area contributed by atoms with Crippen LogP contribution in [0.1, 0.15) is 25.3 Å². The Kier molecular flexibility index (Phi) is 4.91. The molecule has 2 aliphatic rings. The number of nitrogens with zero attached hydrogens (tertiary/aromatic N) is 2. The average molecular weight is 376 g/mol. The lowest BCUT2D eigenvalue weighted by atomic mass is 10.1. The fourth-order valence-corrected chi connectivity index (χ4v) is 4.19. The molecule has 3 rings (SSSR count). The number of benzene rings is 1. The number of carboxylic acids is 1. The van der Waals surface area contributed by atoms with Crippen molar-refractivity contribution in [3.8, 4) is 0 Å². The van der Waals surface area contributed by atoms with E-state index in [1.54, 1.807) is 11.0 Å². The Bertz CT molecular complexity index is 819. The average Bonchev–Trinajstić information content (AvgIpc) is 3.00. The van der Waals surface area contributed by atoms with E-state index in [-0.39, 0.29) is 15.1 Å². The molecule has 1 aromatic carbocycles. The van der Waals surface area contributed by atoms with E-state index in [0.29, 0.717) is 17.7 Å². The van der Waals surface area contributed by atoms with Crippen molar-refractivity contribution < 1.29 is 19.5 Å². The van der Waals surface area contributed by atoms with E-state index in [4.69, 9.17) is 17.3 Å². The molecule has 0 atom stereocenters. The molecule has 1 saturated heterocycles. The van der Waals surface area contributed by atoms with E-state index in [1.165, 1.54) is 0 Å². The summed E-state index contributed by atoms with van der Waals surface area (Å²) in [6.07, 6.45) is 1.80. The number of aliphatic carboxylic acids is 1. The lowest BCUT2D eigenvalue weighted by molar-refractivity contribution is -0.140. The molecular formula is C17H16N2O4S2. The minimum Gasteiger partial charge on any atom is -0.480 e. The van der Waals surface area contributed by atoms with Crippen LogP contribution in [-0.2, 0) is 14.4 Å². The van der Waals surface area contributed by atoms with Crippen LogP contribution in [0, 0.1) is 0 Å². The van der Waals surface area contributed by atoms with Gasteiger partial charge in [-0.25, -0.2) is 0 Å². The largest absolute Gasteiger partial charge is 0.480 e.